The molecule has 0 saturated carbocycles. The van der Waals surface area contributed by atoms with Gasteiger partial charge in [-0.25, -0.2) is 4.79 Å². The van der Waals surface area contributed by atoms with Crippen LogP contribution in [0.4, 0.5) is 0 Å². The summed E-state index contributed by atoms with van der Waals surface area (Å²) >= 11 is 0. The Labute approximate surface area is 104 Å². The van der Waals surface area contributed by atoms with Gasteiger partial charge in [0.15, 0.2) is 5.54 Å². The Balaban J connectivity index is 2.72. The molecule has 2 rings (SSSR count). The predicted octanol–water partition coefficient (Wildman–Crippen LogP) is 1.89. The fourth-order valence-electron chi connectivity index (χ4n) is 2.03. The third kappa shape index (κ3) is 1.82. The van der Waals surface area contributed by atoms with Gasteiger partial charge in [-0.1, -0.05) is 42.5 Å². The van der Waals surface area contributed by atoms with Gasteiger partial charge < -0.3 is 10.4 Å². The molecule has 2 N–H and O–H groups in total. The lowest BCUT2D eigenvalue weighted by Gasteiger charge is -2.26. The van der Waals surface area contributed by atoms with Gasteiger partial charge in [-0.05, 0) is 23.3 Å². The molecule has 0 aromatic heterocycles. The van der Waals surface area contributed by atoms with Crippen LogP contribution in [-0.2, 0) is 15.1 Å². The molecular formula is C14H13NO3. The van der Waals surface area contributed by atoms with Crippen molar-refractivity contribution < 1.29 is 14.7 Å². The first-order valence-corrected chi connectivity index (χ1v) is 5.52. The quantitative estimate of drug-likeness (QED) is 0.806. The Morgan fingerprint density at radius 1 is 1.22 bits per heavy atom. The van der Waals surface area contributed by atoms with Gasteiger partial charge in [0.05, 0.1) is 0 Å². The Hall–Kier alpha value is -2.36. The summed E-state index contributed by atoms with van der Waals surface area (Å²) in [5.41, 5.74) is -0.858. The van der Waals surface area contributed by atoms with Crippen LogP contribution in [0.25, 0.3) is 10.8 Å². The van der Waals surface area contributed by atoms with Gasteiger partial charge in [0.2, 0.25) is 6.41 Å². The van der Waals surface area contributed by atoms with Crippen molar-refractivity contribution in [2.24, 2.45) is 0 Å². The average Bonchev–Trinajstić information content (AvgIpc) is 2.38. The standard InChI is InChI=1S/C14H13NO3/c1-14(13(17)18,15-9-16)12-8-4-6-10-5-2-3-7-11(10)12/h2-9H,1H3,(H,15,16)(H,17,18). The number of benzene rings is 2. The van der Waals surface area contributed by atoms with E-state index in [9.17, 15) is 14.7 Å². The topological polar surface area (TPSA) is 66.4 Å². The van der Waals surface area contributed by atoms with Gasteiger partial charge in [-0.2, -0.15) is 0 Å². The highest BCUT2D eigenvalue weighted by Gasteiger charge is 2.35. The zero-order chi connectivity index (χ0) is 13.2. The second-order valence-electron chi connectivity index (χ2n) is 4.22. The zero-order valence-electron chi connectivity index (χ0n) is 9.88. The lowest BCUT2D eigenvalue weighted by atomic mass is 9.88. The second kappa shape index (κ2) is 4.49. The van der Waals surface area contributed by atoms with Gasteiger partial charge >= 0.3 is 5.97 Å². The summed E-state index contributed by atoms with van der Waals surface area (Å²) < 4.78 is 0. The molecule has 0 aliphatic carbocycles. The van der Waals surface area contributed by atoms with Crippen molar-refractivity contribution >= 4 is 23.2 Å². The lowest BCUT2D eigenvalue weighted by molar-refractivity contribution is -0.145. The molecule has 0 saturated heterocycles. The van der Waals surface area contributed by atoms with E-state index in [1.54, 1.807) is 12.1 Å². The van der Waals surface area contributed by atoms with E-state index < -0.39 is 11.5 Å². The summed E-state index contributed by atoms with van der Waals surface area (Å²) in [4.78, 5) is 22.1. The van der Waals surface area contributed by atoms with Gasteiger partial charge in [0.1, 0.15) is 0 Å². The Kier molecular flexibility index (Phi) is 3.02. The van der Waals surface area contributed by atoms with E-state index in [0.29, 0.717) is 12.0 Å². The predicted molar refractivity (Wildman–Crippen MR) is 68.1 cm³/mol. The number of fused-ring (bicyclic) bond motifs is 1. The smallest absolute Gasteiger partial charge is 0.333 e. The largest absolute Gasteiger partial charge is 0.479 e. The van der Waals surface area contributed by atoms with Crippen LogP contribution in [0, 0.1) is 0 Å². The number of nitrogens with one attached hydrogen (secondary N) is 1. The maximum Gasteiger partial charge on any atom is 0.333 e. The zero-order valence-corrected chi connectivity index (χ0v) is 9.88. The molecule has 1 amide bonds. The minimum atomic E-state index is -1.43. The fourth-order valence-corrected chi connectivity index (χ4v) is 2.03. The van der Waals surface area contributed by atoms with Crippen LogP contribution < -0.4 is 5.32 Å². The number of carbonyl (C=O) groups is 2. The molecule has 0 spiro atoms. The van der Waals surface area contributed by atoms with E-state index >= 15 is 0 Å². The molecule has 0 heterocycles. The Morgan fingerprint density at radius 2 is 1.89 bits per heavy atom. The minimum Gasteiger partial charge on any atom is -0.479 e. The van der Waals surface area contributed by atoms with Crippen molar-refractivity contribution in [2.45, 2.75) is 12.5 Å². The lowest BCUT2D eigenvalue weighted by Crippen LogP contribution is -2.46. The summed E-state index contributed by atoms with van der Waals surface area (Å²) in [5.74, 6) is -1.09. The normalized spacial score (nSPS) is 13.8. The second-order valence-corrected chi connectivity index (χ2v) is 4.22. The summed E-state index contributed by atoms with van der Waals surface area (Å²) in [6.45, 7) is 1.48. The van der Waals surface area contributed by atoms with Crippen molar-refractivity contribution in [3.05, 3.63) is 48.0 Å². The molecule has 4 nitrogen and oxygen atoms in total. The van der Waals surface area contributed by atoms with Gasteiger partial charge in [0, 0.05) is 0 Å². The third-order valence-corrected chi connectivity index (χ3v) is 3.10. The van der Waals surface area contributed by atoms with E-state index in [0.717, 1.165) is 10.8 Å². The Morgan fingerprint density at radius 3 is 2.56 bits per heavy atom. The van der Waals surface area contributed by atoms with Crippen LogP contribution in [0.1, 0.15) is 12.5 Å². The highest BCUT2D eigenvalue weighted by atomic mass is 16.4. The highest BCUT2D eigenvalue weighted by molar-refractivity contribution is 5.93. The monoisotopic (exact) mass is 243 g/mol. The SMILES string of the molecule is CC(NC=O)(C(=O)O)c1cccc2ccccc12. The maximum atomic E-state index is 11.4. The average molecular weight is 243 g/mol. The van der Waals surface area contributed by atoms with Crippen molar-refractivity contribution in [2.75, 3.05) is 0 Å². The molecule has 18 heavy (non-hydrogen) atoms. The molecule has 0 fully saturated rings. The minimum absolute atomic E-state index is 0.413. The molecule has 2 aromatic rings. The fraction of sp³-hybridized carbons (Fsp3) is 0.143. The first kappa shape index (κ1) is 12.1. The molecule has 0 aliphatic rings. The van der Waals surface area contributed by atoms with E-state index in [-0.39, 0.29) is 0 Å². The number of hydrogen-bond acceptors (Lipinski definition) is 2. The maximum absolute atomic E-state index is 11.4. The number of carboxylic acids is 1. The molecule has 1 unspecified atom stereocenters. The molecule has 92 valence electrons. The number of hydrogen-bond donors (Lipinski definition) is 2. The van der Waals surface area contributed by atoms with E-state index in [2.05, 4.69) is 5.32 Å². The van der Waals surface area contributed by atoms with Gasteiger partial charge in [0.25, 0.3) is 0 Å². The summed E-state index contributed by atoms with van der Waals surface area (Å²) in [7, 11) is 0. The van der Waals surface area contributed by atoms with Gasteiger partial charge in [-0.3, -0.25) is 4.79 Å². The molecule has 0 bridgehead atoms. The van der Waals surface area contributed by atoms with E-state index in [4.69, 9.17) is 0 Å². The molecule has 4 heteroatoms. The van der Waals surface area contributed by atoms with Crippen molar-refractivity contribution in [1.29, 1.82) is 0 Å². The first-order valence-electron chi connectivity index (χ1n) is 5.52. The molecule has 0 radical (unpaired) electrons. The third-order valence-electron chi connectivity index (χ3n) is 3.10. The van der Waals surface area contributed by atoms with Crippen LogP contribution in [0.5, 0.6) is 0 Å². The van der Waals surface area contributed by atoms with Crippen LogP contribution in [0.15, 0.2) is 42.5 Å². The number of aliphatic carboxylic acids is 1. The summed E-state index contributed by atoms with van der Waals surface area (Å²) in [6, 6.07) is 12.9. The highest BCUT2D eigenvalue weighted by Crippen LogP contribution is 2.28. The number of carbonyl (C=O) groups excluding carboxylic acids is 1. The van der Waals surface area contributed by atoms with Crippen molar-refractivity contribution in [3.63, 3.8) is 0 Å². The van der Waals surface area contributed by atoms with E-state index in [1.807, 2.05) is 30.3 Å². The van der Waals surface area contributed by atoms with Crippen LogP contribution in [-0.4, -0.2) is 17.5 Å². The molecular weight excluding hydrogens is 230 g/mol. The van der Waals surface area contributed by atoms with Crippen LogP contribution in [0.2, 0.25) is 0 Å². The van der Waals surface area contributed by atoms with Crippen molar-refractivity contribution in [1.82, 2.24) is 5.32 Å². The van der Waals surface area contributed by atoms with Gasteiger partial charge in [-0.15, -0.1) is 0 Å². The van der Waals surface area contributed by atoms with E-state index in [1.165, 1.54) is 6.92 Å². The molecule has 1 atom stereocenters. The van der Waals surface area contributed by atoms with Crippen LogP contribution >= 0.6 is 0 Å². The number of rotatable bonds is 4. The molecule has 2 aromatic carbocycles. The summed E-state index contributed by atoms with van der Waals surface area (Å²) in [5, 5.41) is 13.5. The Bertz CT molecular complexity index is 604. The summed E-state index contributed by atoms with van der Waals surface area (Å²) in [6.07, 6.45) is 0.413. The number of carboxylic acid groups (broad SMARTS) is 1. The first-order chi connectivity index (χ1) is 8.59. The molecule has 0 aliphatic heterocycles. The van der Waals surface area contributed by atoms with Crippen molar-refractivity contribution in [3.8, 4) is 0 Å². The van der Waals surface area contributed by atoms with Crippen LogP contribution in [0.3, 0.4) is 0 Å². The number of amides is 1.